The first kappa shape index (κ1) is 28.8. The molecule has 0 N–H and O–H groups in total. The molecule has 1 saturated heterocycles. The Morgan fingerprint density at radius 2 is 1.48 bits per heavy atom. The van der Waals surface area contributed by atoms with E-state index in [-0.39, 0.29) is 24.1 Å². The van der Waals surface area contributed by atoms with E-state index in [1.807, 2.05) is 45.0 Å². The van der Waals surface area contributed by atoms with Crippen molar-refractivity contribution in [3.63, 3.8) is 0 Å². The van der Waals surface area contributed by atoms with Gasteiger partial charge in [-0.1, -0.05) is 97.1 Å². The normalized spacial score (nSPS) is 20.5. The summed E-state index contributed by atoms with van der Waals surface area (Å²) in [5.41, 5.74) is 7.81. The van der Waals surface area contributed by atoms with Crippen LogP contribution in [0.25, 0.3) is 22.3 Å². The van der Waals surface area contributed by atoms with Gasteiger partial charge in [-0.25, -0.2) is 0 Å². The van der Waals surface area contributed by atoms with E-state index in [9.17, 15) is 0 Å². The second-order valence-corrected chi connectivity index (χ2v) is 12.0. The van der Waals surface area contributed by atoms with Crippen molar-refractivity contribution in [1.82, 2.24) is 0 Å². The van der Waals surface area contributed by atoms with E-state index >= 15 is 0 Å². The van der Waals surface area contributed by atoms with E-state index in [2.05, 4.69) is 78.9 Å². The summed E-state index contributed by atoms with van der Waals surface area (Å²) in [6, 6.07) is 35.8. The highest BCUT2D eigenvalue weighted by Gasteiger charge is 2.43. The molecule has 1 fully saturated rings. The zero-order valence-corrected chi connectivity index (χ0v) is 24.7. The first-order valence-corrected chi connectivity index (χ1v) is 14.9. The van der Waals surface area contributed by atoms with Crippen molar-refractivity contribution in [2.24, 2.45) is 0 Å². The van der Waals surface area contributed by atoms with Crippen LogP contribution in [0.1, 0.15) is 38.3 Å². The Kier molecular flexibility index (Phi) is 8.89. The molecule has 0 bridgehead atoms. The molecule has 0 unspecified atom stereocenters. The van der Waals surface area contributed by atoms with E-state index in [4.69, 9.17) is 23.5 Å². The van der Waals surface area contributed by atoms with Crippen LogP contribution in [-0.2, 0) is 36.5 Å². The zero-order valence-electron chi connectivity index (χ0n) is 24.7. The second-order valence-electron chi connectivity index (χ2n) is 12.0. The molecule has 3 atom stereocenters. The molecule has 0 aromatic heterocycles. The smallest absolute Gasteiger partial charge is 0.407 e. The summed E-state index contributed by atoms with van der Waals surface area (Å²) in [7, 11) is -0.521. The fourth-order valence-corrected chi connectivity index (χ4v) is 5.78. The van der Waals surface area contributed by atoms with Crippen LogP contribution in [0.5, 0.6) is 0 Å². The number of hydrogen-bond donors (Lipinski definition) is 0. The Labute approximate surface area is 249 Å². The fraction of sp³-hybridized carbons (Fsp3) is 0.333. The van der Waals surface area contributed by atoms with Crippen molar-refractivity contribution < 1.29 is 23.5 Å². The molecular weight excluding hydrogens is 523 g/mol. The maximum absolute atomic E-state index is 6.84. The highest BCUT2D eigenvalue weighted by molar-refractivity contribution is 6.64. The lowest BCUT2D eigenvalue weighted by atomic mass is 9.68. The van der Waals surface area contributed by atoms with Crippen molar-refractivity contribution >= 4 is 12.6 Å². The van der Waals surface area contributed by atoms with Gasteiger partial charge in [-0.15, -0.1) is 0 Å². The monoisotopic (exact) mass is 562 g/mol. The molecule has 5 nitrogen and oxygen atoms in total. The molecule has 4 aromatic carbocycles. The van der Waals surface area contributed by atoms with Gasteiger partial charge in [0, 0.05) is 13.0 Å². The van der Waals surface area contributed by atoms with Crippen LogP contribution in [0.4, 0.5) is 0 Å². The summed E-state index contributed by atoms with van der Waals surface area (Å²) in [6.07, 6.45) is 0.530. The van der Waals surface area contributed by atoms with Gasteiger partial charge in [-0.2, -0.15) is 0 Å². The van der Waals surface area contributed by atoms with E-state index in [1.54, 1.807) is 0 Å². The second kappa shape index (κ2) is 12.9. The van der Waals surface area contributed by atoms with Crippen molar-refractivity contribution in [2.75, 3.05) is 13.2 Å². The van der Waals surface area contributed by atoms with Gasteiger partial charge in [0.15, 0.2) is 6.29 Å². The minimum Gasteiger partial charge on any atom is -0.407 e. The van der Waals surface area contributed by atoms with Crippen LogP contribution in [0, 0.1) is 0 Å². The number of ether oxygens (including phenoxy) is 3. The summed E-state index contributed by atoms with van der Waals surface area (Å²) in [5.74, 6) is 0. The lowest BCUT2D eigenvalue weighted by Crippen LogP contribution is -2.48. The Balaban J connectivity index is 1.29. The van der Waals surface area contributed by atoms with Crippen LogP contribution >= 0.6 is 0 Å². The Bertz CT molecular complexity index is 1440. The molecule has 4 aromatic rings. The van der Waals surface area contributed by atoms with Crippen LogP contribution in [0.15, 0.2) is 103 Å². The third kappa shape index (κ3) is 7.03. The van der Waals surface area contributed by atoms with E-state index in [1.165, 1.54) is 16.7 Å². The molecule has 2 aliphatic heterocycles. The van der Waals surface area contributed by atoms with Gasteiger partial charge in [0.05, 0.1) is 24.9 Å². The summed E-state index contributed by atoms with van der Waals surface area (Å²) < 4.78 is 32.0. The summed E-state index contributed by atoms with van der Waals surface area (Å²) in [6.45, 7) is 7.64. The summed E-state index contributed by atoms with van der Waals surface area (Å²) in [4.78, 5) is 0. The number of hydrogen-bond acceptors (Lipinski definition) is 5. The van der Waals surface area contributed by atoms with Gasteiger partial charge in [0.2, 0.25) is 0 Å². The summed E-state index contributed by atoms with van der Waals surface area (Å²) >= 11 is 0. The Morgan fingerprint density at radius 3 is 2.17 bits per heavy atom. The first-order valence-electron chi connectivity index (χ1n) is 14.9. The average Bonchev–Trinajstić information content (AvgIpc) is 3.37. The molecule has 2 aliphatic rings. The van der Waals surface area contributed by atoms with Crippen LogP contribution in [0.2, 0.25) is 0 Å². The van der Waals surface area contributed by atoms with Crippen molar-refractivity contribution in [3.05, 3.63) is 114 Å². The molecule has 6 rings (SSSR count). The third-order valence-corrected chi connectivity index (χ3v) is 7.68. The maximum Gasteiger partial charge on any atom is 0.495 e. The van der Waals surface area contributed by atoms with Crippen molar-refractivity contribution in [1.29, 1.82) is 0 Å². The van der Waals surface area contributed by atoms with Crippen LogP contribution in [-0.4, -0.2) is 44.4 Å². The van der Waals surface area contributed by atoms with E-state index < -0.39 is 7.12 Å². The van der Waals surface area contributed by atoms with Crippen LogP contribution in [0.3, 0.4) is 0 Å². The standard InChI is InChI=1S/C36H39BO5/c1-36(2,3)41-34-23-32(33(40-34)25-38-24-26-13-7-4-8-14-26)42-37-35-29(19-20-39-37)21-30(27-15-9-5-10-16-27)22-31(35)28-17-11-6-12-18-28/h4-18,21-22,32-34H,19-20,23-25H2,1-3H3/t32-,33+,34-/m0/s1. The lowest BCUT2D eigenvalue weighted by molar-refractivity contribution is -0.193. The van der Waals surface area contributed by atoms with Gasteiger partial charge < -0.3 is 23.5 Å². The molecule has 216 valence electrons. The maximum atomic E-state index is 6.84. The topological polar surface area (TPSA) is 46.2 Å². The molecular formula is C36H39BO5. The predicted molar refractivity (Wildman–Crippen MR) is 167 cm³/mol. The highest BCUT2D eigenvalue weighted by Crippen LogP contribution is 2.32. The minimum atomic E-state index is -0.521. The van der Waals surface area contributed by atoms with Crippen LogP contribution < -0.4 is 5.46 Å². The molecule has 0 amide bonds. The van der Waals surface area contributed by atoms with Gasteiger partial charge in [-0.05, 0) is 72.1 Å². The first-order chi connectivity index (χ1) is 20.4. The van der Waals surface area contributed by atoms with Gasteiger partial charge in [-0.3, -0.25) is 0 Å². The minimum absolute atomic E-state index is 0.249. The summed E-state index contributed by atoms with van der Waals surface area (Å²) in [5, 5.41) is 0. The number of rotatable bonds is 9. The molecule has 0 saturated carbocycles. The Morgan fingerprint density at radius 1 is 0.810 bits per heavy atom. The fourth-order valence-electron chi connectivity index (χ4n) is 5.78. The van der Waals surface area contributed by atoms with Gasteiger partial charge in [0.1, 0.15) is 6.10 Å². The lowest BCUT2D eigenvalue weighted by Gasteiger charge is -2.29. The quantitative estimate of drug-likeness (QED) is 0.210. The third-order valence-electron chi connectivity index (χ3n) is 7.68. The predicted octanol–water partition coefficient (Wildman–Crippen LogP) is 6.82. The largest absolute Gasteiger partial charge is 0.495 e. The number of fused-ring (bicyclic) bond motifs is 1. The highest BCUT2D eigenvalue weighted by atomic mass is 16.7. The SMILES string of the molecule is CC(C)(C)O[C@H]1C[C@H](OB2OCCc3cc(-c4ccccc4)cc(-c4ccccc4)c32)[C@@H](COCc2ccccc2)O1. The van der Waals surface area contributed by atoms with Crippen molar-refractivity contribution in [3.8, 4) is 22.3 Å². The molecule has 42 heavy (non-hydrogen) atoms. The Hall–Kier alpha value is -3.26. The van der Waals surface area contributed by atoms with E-state index in [0.717, 1.165) is 28.6 Å². The van der Waals surface area contributed by atoms with Gasteiger partial charge in [0.25, 0.3) is 0 Å². The molecule has 0 radical (unpaired) electrons. The number of benzene rings is 4. The average molecular weight is 563 g/mol. The molecule has 2 heterocycles. The van der Waals surface area contributed by atoms with Gasteiger partial charge >= 0.3 is 7.12 Å². The molecule has 0 aliphatic carbocycles. The molecule has 6 heteroatoms. The van der Waals surface area contributed by atoms with E-state index in [0.29, 0.717) is 26.2 Å². The van der Waals surface area contributed by atoms with Crippen molar-refractivity contribution in [2.45, 2.75) is 64.3 Å². The zero-order chi connectivity index (χ0) is 28.9. The molecule has 0 spiro atoms.